The van der Waals surface area contributed by atoms with Crippen molar-refractivity contribution in [1.82, 2.24) is 14.8 Å². The molecule has 0 fully saturated rings. The van der Waals surface area contributed by atoms with Gasteiger partial charge in [-0.15, -0.1) is 0 Å². The van der Waals surface area contributed by atoms with Gasteiger partial charge in [0, 0.05) is 29.2 Å². The molecule has 0 aliphatic carbocycles. The summed E-state index contributed by atoms with van der Waals surface area (Å²) in [4.78, 5) is 16.4. The van der Waals surface area contributed by atoms with Gasteiger partial charge in [-0.05, 0) is 30.3 Å². The van der Waals surface area contributed by atoms with Crippen LogP contribution in [0.1, 0.15) is 5.56 Å². The first kappa shape index (κ1) is 15.2. The van der Waals surface area contributed by atoms with Crippen molar-refractivity contribution in [1.29, 1.82) is 0 Å². The summed E-state index contributed by atoms with van der Waals surface area (Å²) in [5.41, 5.74) is 0.643. The summed E-state index contributed by atoms with van der Waals surface area (Å²) in [5, 5.41) is 7.02. The summed E-state index contributed by atoms with van der Waals surface area (Å²) >= 11 is 5.94. The number of pyridine rings is 1. The molecule has 1 N–H and O–H groups in total. The van der Waals surface area contributed by atoms with Gasteiger partial charge in [-0.3, -0.25) is 4.79 Å². The van der Waals surface area contributed by atoms with E-state index in [1.165, 1.54) is 16.8 Å². The van der Waals surface area contributed by atoms with Gasteiger partial charge in [-0.1, -0.05) is 17.7 Å². The van der Waals surface area contributed by atoms with Crippen LogP contribution in [-0.2, 0) is 11.2 Å². The molecule has 0 saturated carbocycles. The summed E-state index contributed by atoms with van der Waals surface area (Å²) in [7, 11) is 0. The van der Waals surface area contributed by atoms with E-state index in [9.17, 15) is 9.18 Å². The van der Waals surface area contributed by atoms with Crippen molar-refractivity contribution in [3.8, 4) is 5.82 Å². The minimum atomic E-state index is -0.508. The van der Waals surface area contributed by atoms with Crippen molar-refractivity contribution in [3.63, 3.8) is 0 Å². The van der Waals surface area contributed by atoms with Crippen LogP contribution >= 0.6 is 11.6 Å². The van der Waals surface area contributed by atoms with E-state index in [0.717, 1.165) is 0 Å². The third-order valence-electron chi connectivity index (χ3n) is 3.18. The summed E-state index contributed by atoms with van der Waals surface area (Å²) < 4.78 is 15.3. The standard InChI is InChI=1S/C16H12ClFN4O/c17-12-4-1-5-13(18)11(12)10-15(23)21-14-6-2-7-19-16(14)22-9-3-8-20-22/h1-9H,10H2,(H,21,23). The van der Waals surface area contributed by atoms with Gasteiger partial charge in [0.1, 0.15) is 5.82 Å². The zero-order valence-corrected chi connectivity index (χ0v) is 12.7. The maximum absolute atomic E-state index is 13.8. The van der Waals surface area contributed by atoms with Crippen LogP contribution in [0, 0.1) is 5.82 Å². The summed E-state index contributed by atoms with van der Waals surface area (Å²) in [6.07, 6.45) is 4.75. The zero-order valence-electron chi connectivity index (χ0n) is 11.9. The molecule has 3 rings (SSSR count). The van der Waals surface area contributed by atoms with Crippen LogP contribution in [0.3, 0.4) is 0 Å². The number of hydrogen-bond donors (Lipinski definition) is 1. The van der Waals surface area contributed by atoms with E-state index in [1.807, 2.05) is 0 Å². The average Bonchev–Trinajstić information content (AvgIpc) is 3.06. The van der Waals surface area contributed by atoms with Crippen LogP contribution < -0.4 is 5.32 Å². The molecule has 1 amide bonds. The van der Waals surface area contributed by atoms with Gasteiger partial charge < -0.3 is 5.32 Å². The number of nitrogens with zero attached hydrogens (tertiary/aromatic N) is 3. The third kappa shape index (κ3) is 3.37. The Labute approximate surface area is 136 Å². The number of amides is 1. The molecule has 0 atom stereocenters. The molecule has 23 heavy (non-hydrogen) atoms. The third-order valence-corrected chi connectivity index (χ3v) is 3.54. The zero-order chi connectivity index (χ0) is 16.2. The number of rotatable bonds is 4. The monoisotopic (exact) mass is 330 g/mol. The van der Waals surface area contributed by atoms with E-state index in [-0.39, 0.29) is 17.0 Å². The molecule has 2 heterocycles. The maximum atomic E-state index is 13.8. The minimum absolute atomic E-state index is 0.163. The smallest absolute Gasteiger partial charge is 0.229 e. The molecule has 5 nitrogen and oxygen atoms in total. The van der Waals surface area contributed by atoms with Crippen molar-refractivity contribution in [2.24, 2.45) is 0 Å². The fourth-order valence-electron chi connectivity index (χ4n) is 2.13. The number of nitrogens with one attached hydrogen (secondary N) is 1. The fraction of sp³-hybridized carbons (Fsp3) is 0.0625. The summed E-state index contributed by atoms with van der Waals surface area (Å²) in [6, 6.07) is 9.46. The number of aromatic nitrogens is 3. The van der Waals surface area contributed by atoms with Crippen molar-refractivity contribution in [2.45, 2.75) is 6.42 Å². The first-order valence-electron chi connectivity index (χ1n) is 6.83. The highest BCUT2D eigenvalue weighted by molar-refractivity contribution is 6.31. The van der Waals surface area contributed by atoms with Gasteiger partial charge in [-0.25, -0.2) is 14.1 Å². The van der Waals surface area contributed by atoms with Gasteiger partial charge in [0.15, 0.2) is 5.82 Å². The van der Waals surface area contributed by atoms with E-state index in [2.05, 4.69) is 15.4 Å². The maximum Gasteiger partial charge on any atom is 0.229 e. The van der Waals surface area contributed by atoms with Gasteiger partial charge >= 0.3 is 0 Å². The van der Waals surface area contributed by atoms with Crippen molar-refractivity contribution in [2.75, 3.05) is 5.32 Å². The van der Waals surface area contributed by atoms with Crippen LogP contribution in [0.25, 0.3) is 5.82 Å². The normalized spacial score (nSPS) is 10.5. The Morgan fingerprint density at radius 1 is 1.22 bits per heavy atom. The number of halogens is 2. The predicted molar refractivity (Wildman–Crippen MR) is 85.1 cm³/mol. The average molecular weight is 331 g/mol. The number of carbonyl (C=O) groups excluding carboxylic acids is 1. The molecular weight excluding hydrogens is 319 g/mol. The Hall–Kier alpha value is -2.73. The highest BCUT2D eigenvalue weighted by Crippen LogP contribution is 2.21. The minimum Gasteiger partial charge on any atom is -0.323 e. The van der Waals surface area contributed by atoms with E-state index in [1.54, 1.807) is 42.9 Å². The molecule has 116 valence electrons. The molecule has 0 aliphatic rings. The van der Waals surface area contributed by atoms with Crippen LogP contribution in [0.15, 0.2) is 55.0 Å². The van der Waals surface area contributed by atoms with Crippen molar-refractivity contribution in [3.05, 3.63) is 71.4 Å². The van der Waals surface area contributed by atoms with Gasteiger partial charge in [-0.2, -0.15) is 5.10 Å². The van der Waals surface area contributed by atoms with E-state index < -0.39 is 11.7 Å². The van der Waals surface area contributed by atoms with Gasteiger partial charge in [0.2, 0.25) is 5.91 Å². The van der Waals surface area contributed by atoms with Crippen LogP contribution in [0.5, 0.6) is 0 Å². The Balaban J connectivity index is 1.82. The molecule has 7 heteroatoms. The lowest BCUT2D eigenvalue weighted by Gasteiger charge is -2.11. The Bertz CT molecular complexity index is 816. The topological polar surface area (TPSA) is 59.8 Å². The van der Waals surface area contributed by atoms with E-state index >= 15 is 0 Å². The van der Waals surface area contributed by atoms with E-state index in [4.69, 9.17) is 11.6 Å². The lowest BCUT2D eigenvalue weighted by atomic mass is 10.1. The summed E-state index contributed by atoms with van der Waals surface area (Å²) in [5.74, 6) is -0.421. The highest BCUT2D eigenvalue weighted by atomic mass is 35.5. The quantitative estimate of drug-likeness (QED) is 0.799. The second-order valence-corrected chi connectivity index (χ2v) is 5.16. The Kier molecular flexibility index (Phi) is 4.34. The van der Waals surface area contributed by atoms with Crippen LogP contribution in [-0.4, -0.2) is 20.7 Å². The largest absolute Gasteiger partial charge is 0.323 e. The van der Waals surface area contributed by atoms with Crippen molar-refractivity contribution >= 4 is 23.2 Å². The van der Waals surface area contributed by atoms with Gasteiger partial charge in [0.05, 0.1) is 12.1 Å². The lowest BCUT2D eigenvalue weighted by Crippen LogP contribution is -2.17. The second-order valence-electron chi connectivity index (χ2n) is 4.75. The van der Waals surface area contributed by atoms with E-state index in [0.29, 0.717) is 11.5 Å². The lowest BCUT2D eigenvalue weighted by molar-refractivity contribution is -0.115. The molecule has 1 aromatic carbocycles. The van der Waals surface area contributed by atoms with Crippen LogP contribution in [0.4, 0.5) is 10.1 Å². The summed E-state index contributed by atoms with van der Waals surface area (Å²) in [6.45, 7) is 0. The SMILES string of the molecule is O=C(Cc1c(F)cccc1Cl)Nc1cccnc1-n1cccn1. The molecule has 2 aromatic heterocycles. The molecule has 0 unspecified atom stereocenters. The first-order chi connectivity index (χ1) is 11.1. The molecule has 0 spiro atoms. The predicted octanol–water partition coefficient (Wildman–Crippen LogP) is 3.24. The molecule has 0 aliphatic heterocycles. The van der Waals surface area contributed by atoms with Crippen LogP contribution in [0.2, 0.25) is 5.02 Å². The number of carbonyl (C=O) groups is 1. The number of anilines is 1. The molecule has 0 saturated heterocycles. The van der Waals surface area contributed by atoms with Gasteiger partial charge in [0.25, 0.3) is 0 Å². The first-order valence-corrected chi connectivity index (χ1v) is 7.20. The van der Waals surface area contributed by atoms with Crippen molar-refractivity contribution < 1.29 is 9.18 Å². The number of benzene rings is 1. The molecule has 3 aromatic rings. The Morgan fingerprint density at radius 2 is 2.09 bits per heavy atom. The fourth-order valence-corrected chi connectivity index (χ4v) is 2.36. The Morgan fingerprint density at radius 3 is 2.83 bits per heavy atom. The highest BCUT2D eigenvalue weighted by Gasteiger charge is 2.14. The second kappa shape index (κ2) is 6.58. The molecule has 0 radical (unpaired) electrons. The molecular formula is C16H12ClFN4O. The molecule has 0 bridgehead atoms. The number of hydrogen-bond acceptors (Lipinski definition) is 3.